The van der Waals surface area contributed by atoms with E-state index in [9.17, 15) is 9.59 Å². The number of hydrogen-bond acceptors (Lipinski definition) is 3. The van der Waals surface area contributed by atoms with E-state index in [0.717, 1.165) is 5.56 Å². The number of aliphatic carboxylic acids is 1. The number of hydrogen-bond donors (Lipinski definition) is 2. The Bertz CT molecular complexity index is 623. The molecule has 2 aromatic rings. The first kappa shape index (κ1) is 14.0. The highest BCUT2D eigenvalue weighted by atomic mass is 16.4. The highest BCUT2D eigenvalue weighted by Crippen LogP contribution is 2.12. The van der Waals surface area contributed by atoms with Crippen LogP contribution in [0.1, 0.15) is 21.5 Å². The number of carboxylic acids is 1. The average Bonchev–Trinajstić information content (AvgIpc) is 2.47. The molecule has 4 nitrogen and oxygen atoms in total. The van der Waals surface area contributed by atoms with Crippen LogP contribution in [0.15, 0.2) is 54.6 Å². The zero-order valence-corrected chi connectivity index (χ0v) is 10.8. The minimum Gasteiger partial charge on any atom is -0.480 e. The second-order valence-corrected chi connectivity index (χ2v) is 4.54. The smallest absolute Gasteiger partial charge is 0.320 e. The topological polar surface area (TPSA) is 80.4 Å². The standard InChI is InChI=1S/C16H15NO3/c17-14(16(19)20)10-11-5-4-8-13(9-11)15(18)12-6-2-1-3-7-12/h1-9,14H,10,17H2,(H,19,20)/t14-/m1/s1. The van der Waals surface area contributed by atoms with E-state index < -0.39 is 12.0 Å². The van der Waals surface area contributed by atoms with E-state index in [1.807, 2.05) is 6.07 Å². The van der Waals surface area contributed by atoms with Gasteiger partial charge in [-0.25, -0.2) is 0 Å². The Morgan fingerprint density at radius 2 is 1.65 bits per heavy atom. The summed E-state index contributed by atoms with van der Waals surface area (Å²) in [6, 6.07) is 14.9. The van der Waals surface area contributed by atoms with Gasteiger partial charge in [-0.05, 0) is 18.1 Å². The molecule has 1 atom stereocenters. The van der Waals surface area contributed by atoms with Crippen LogP contribution in [0.3, 0.4) is 0 Å². The molecule has 102 valence electrons. The van der Waals surface area contributed by atoms with Gasteiger partial charge in [0.1, 0.15) is 6.04 Å². The SMILES string of the molecule is N[C@H](Cc1cccc(C(=O)c2ccccc2)c1)C(=O)O. The van der Waals surface area contributed by atoms with Crippen molar-refractivity contribution in [2.24, 2.45) is 5.73 Å². The van der Waals surface area contributed by atoms with Gasteiger partial charge in [0.25, 0.3) is 0 Å². The predicted molar refractivity (Wildman–Crippen MR) is 75.6 cm³/mol. The Kier molecular flexibility index (Phi) is 4.27. The fourth-order valence-corrected chi connectivity index (χ4v) is 1.94. The lowest BCUT2D eigenvalue weighted by atomic mass is 9.99. The molecule has 2 aromatic carbocycles. The van der Waals surface area contributed by atoms with Crippen molar-refractivity contribution in [2.75, 3.05) is 0 Å². The fourth-order valence-electron chi connectivity index (χ4n) is 1.94. The Labute approximate surface area is 116 Å². The average molecular weight is 269 g/mol. The Balaban J connectivity index is 2.22. The van der Waals surface area contributed by atoms with Crippen LogP contribution in [-0.2, 0) is 11.2 Å². The molecule has 0 unspecified atom stereocenters. The quantitative estimate of drug-likeness (QED) is 0.812. The molecule has 0 aliphatic carbocycles. The number of benzene rings is 2. The van der Waals surface area contributed by atoms with Crippen molar-refractivity contribution in [2.45, 2.75) is 12.5 Å². The fraction of sp³-hybridized carbons (Fsp3) is 0.125. The van der Waals surface area contributed by atoms with Crippen LogP contribution in [0.5, 0.6) is 0 Å². The lowest BCUT2D eigenvalue weighted by Crippen LogP contribution is -2.32. The molecule has 0 amide bonds. The summed E-state index contributed by atoms with van der Waals surface area (Å²) in [6.45, 7) is 0. The van der Waals surface area contributed by atoms with Crippen molar-refractivity contribution in [3.05, 3.63) is 71.3 Å². The molecule has 0 aliphatic heterocycles. The summed E-state index contributed by atoms with van der Waals surface area (Å²) in [5, 5.41) is 8.81. The van der Waals surface area contributed by atoms with Gasteiger partial charge in [-0.15, -0.1) is 0 Å². The number of nitrogens with two attached hydrogens (primary N) is 1. The summed E-state index contributed by atoms with van der Waals surface area (Å²) in [5.41, 5.74) is 7.38. The highest BCUT2D eigenvalue weighted by Gasteiger charge is 2.14. The minimum atomic E-state index is -1.05. The van der Waals surface area contributed by atoms with Crippen LogP contribution >= 0.6 is 0 Å². The number of rotatable bonds is 5. The highest BCUT2D eigenvalue weighted by molar-refractivity contribution is 6.09. The number of carbonyl (C=O) groups is 2. The van der Waals surface area contributed by atoms with E-state index in [4.69, 9.17) is 10.8 Å². The summed E-state index contributed by atoms with van der Waals surface area (Å²) >= 11 is 0. The van der Waals surface area contributed by atoms with Crippen molar-refractivity contribution in [1.29, 1.82) is 0 Å². The molecule has 0 saturated heterocycles. The normalized spacial score (nSPS) is 11.8. The maximum atomic E-state index is 12.3. The molecule has 0 fully saturated rings. The summed E-state index contributed by atoms with van der Waals surface area (Å²) in [6.07, 6.45) is 0.200. The second kappa shape index (κ2) is 6.12. The first-order chi connectivity index (χ1) is 9.58. The third-order valence-electron chi connectivity index (χ3n) is 3.00. The van der Waals surface area contributed by atoms with E-state index in [1.165, 1.54) is 0 Å². The van der Waals surface area contributed by atoms with Gasteiger partial charge < -0.3 is 10.8 Å². The molecular weight excluding hydrogens is 254 g/mol. The molecule has 0 radical (unpaired) electrons. The Morgan fingerprint density at radius 3 is 2.30 bits per heavy atom. The second-order valence-electron chi connectivity index (χ2n) is 4.54. The van der Waals surface area contributed by atoms with E-state index in [1.54, 1.807) is 48.5 Å². The Hall–Kier alpha value is -2.46. The van der Waals surface area contributed by atoms with Crippen molar-refractivity contribution in [3.63, 3.8) is 0 Å². The molecule has 3 N–H and O–H groups in total. The third-order valence-corrected chi connectivity index (χ3v) is 3.00. The van der Waals surface area contributed by atoms with Gasteiger partial charge in [-0.2, -0.15) is 0 Å². The van der Waals surface area contributed by atoms with Gasteiger partial charge in [-0.1, -0.05) is 48.5 Å². The number of carbonyl (C=O) groups excluding carboxylic acids is 1. The molecule has 20 heavy (non-hydrogen) atoms. The van der Waals surface area contributed by atoms with E-state index in [-0.39, 0.29) is 12.2 Å². The lowest BCUT2D eigenvalue weighted by Gasteiger charge is -2.08. The number of ketones is 1. The summed E-state index contributed by atoms with van der Waals surface area (Å²) < 4.78 is 0. The minimum absolute atomic E-state index is 0.0867. The van der Waals surface area contributed by atoms with E-state index in [2.05, 4.69) is 0 Å². The van der Waals surface area contributed by atoms with Crippen LogP contribution in [0.25, 0.3) is 0 Å². The van der Waals surface area contributed by atoms with Gasteiger partial charge in [0.05, 0.1) is 0 Å². The van der Waals surface area contributed by atoms with Gasteiger partial charge in [-0.3, -0.25) is 9.59 Å². The van der Waals surface area contributed by atoms with Crippen molar-refractivity contribution in [1.82, 2.24) is 0 Å². The molecular formula is C16H15NO3. The molecule has 0 saturated carbocycles. The summed E-state index contributed by atoms with van der Waals surface area (Å²) in [7, 11) is 0. The largest absolute Gasteiger partial charge is 0.480 e. The zero-order valence-electron chi connectivity index (χ0n) is 10.8. The maximum absolute atomic E-state index is 12.3. The number of carboxylic acid groups (broad SMARTS) is 1. The van der Waals surface area contributed by atoms with Gasteiger partial charge in [0.15, 0.2) is 5.78 Å². The molecule has 2 rings (SSSR count). The van der Waals surface area contributed by atoms with E-state index >= 15 is 0 Å². The van der Waals surface area contributed by atoms with Gasteiger partial charge in [0, 0.05) is 11.1 Å². The van der Waals surface area contributed by atoms with Gasteiger partial charge in [0.2, 0.25) is 0 Å². The van der Waals surface area contributed by atoms with Crippen molar-refractivity contribution in [3.8, 4) is 0 Å². The van der Waals surface area contributed by atoms with Gasteiger partial charge >= 0.3 is 5.97 Å². The maximum Gasteiger partial charge on any atom is 0.320 e. The molecule has 4 heteroatoms. The third kappa shape index (κ3) is 3.30. The zero-order chi connectivity index (χ0) is 14.5. The molecule has 0 aliphatic rings. The molecule has 0 bridgehead atoms. The monoisotopic (exact) mass is 269 g/mol. The molecule has 0 aromatic heterocycles. The molecule has 0 heterocycles. The van der Waals surface area contributed by atoms with Crippen molar-refractivity contribution < 1.29 is 14.7 Å². The first-order valence-corrected chi connectivity index (χ1v) is 6.25. The predicted octanol–water partition coefficient (Wildman–Crippen LogP) is 1.87. The van der Waals surface area contributed by atoms with Crippen LogP contribution in [0, 0.1) is 0 Å². The summed E-state index contributed by atoms with van der Waals surface area (Å²) in [4.78, 5) is 23.0. The van der Waals surface area contributed by atoms with Crippen LogP contribution in [0.4, 0.5) is 0 Å². The first-order valence-electron chi connectivity index (χ1n) is 6.25. The van der Waals surface area contributed by atoms with Crippen LogP contribution < -0.4 is 5.73 Å². The van der Waals surface area contributed by atoms with Crippen LogP contribution in [0.2, 0.25) is 0 Å². The lowest BCUT2D eigenvalue weighted by molar-refractivity contribution is -0.138. The van der Waals surface area contributed by atoms with Crippen molar-refractivity contribution >= 4 is 11.8 Å². The van der Waals surface area contributed by atoms with Crippen LogP contribution in [-0.4, -0.2) is 22.9 Å². The molecule has 0 spiro atoms. The summed E-state index contributed by atoms with van der Waals surface area (Å²) in [5.74, 6) is -1.14. The Morgan fingerprint density at radius 1 is 1.00 bits per heavy atom. The van der Waals surface area contributed by atoms with E-state index in [0.29, 0.717) is 11.1 Å².